The molecule has 26 heavy (non-hydrogen) atoms. The van der Waals surface area contributed by atoms with E-state index in [0.717, 1.165) is 50.9 Å². The predicted molar refractivity (Wildman–Crippen MR) is 109 cm³/mol. The molecule has 0 spiro atoms. The SMILES string of the molecule is NC(=NCC1CCN(c2ccccc2)C1)N1CCN(c2nccs2)CC1. The molecule has 0 bridgehead atoms. The van der Waals surface area contributed by atoms with Gasteiger partial charge in [-0.05, 0) is 24.5 Å². The third-order valence-corrected chi connectivity index (χ3v) is 6.04. The number of hydrogen-bond acceptors (Lipinski definition) is 5. The minimum Gasteiger partial charge on any atom is -0.371 e. The van der Waals surface area contributed by atoms with Gasteiger partial charge in [0.05, 0.1) is 0 Å². The first kappa shape index (κ1) is 17.1. The number of para-hydroxylation sites is 1. The molecule has 2 fully saturated rings. The number of benzene rings is 1. The molecule has 1 aromatic carbocycles. The van der Waals surface area contributed by atoms with Crippen molar-refractivity contribution in [3.05, 3.63) is 41.9 Å². The third kappa shape index (κ3) is 3.93. The van der Waals surface area contributed by atoms with Crippen molar-refractivity contribution in [1.29, 1.82) is 0 Å². The maximum absolute atomic E-state index is 6.27. The minimum atomic E-state index is 0.588. The zero-order valence-electron chi connectivity index (χ0n) is 15.0. The van der Waals surface area contributed by atoms with E-state index in [1.165, 1.54) is 12.1 Å². The smallest absolute Gasteiger partial charge is 0.191 e. The van der Waals surface area contributed by atoms with Crippen LogP contribution in [0, 0.1) is 5.92 Å². The summed E-state index contributed by atoms with van der Waals surface area (Å²) in [4.78, 5) is 16.1. The Morgan fingerprint density at radius 1 is 1.12 bits per heavy atom. The molecule has 2 aromatic rings. The molecule has 7 heteroatoms. The Bertz CT molecular complexity index is 709. The van der Waals surface area contributed by atoms with Gasteiger partial charge in [0.15, 0.2) is 11.1 Å². The fourth-order valence-electron chi connectivity index (χ4n) is 3.68. The van der Waals surface area contributed by atoms with Gasteiger partial charge in [0.25, 0.3) is 0 Å². The van der Waals surface area contributed by atoms with Crippen molar-refractivity contribution in [3.8, 4) is 0 Å². The Kier molecular flexibility index (Phi) is 5.24. The van der Waals surface area contributed by atoms with Crippen LogP contribution < -0.4 is 15.5 Å². The summed E-state index contributed by atoms with van der Waals surface area (Å²) >= 11 is 1.69. The molecular formula is C19H26N6S. The number of nitrogens with zero attached hydrogens (tertiary/aromatic N) is 5. The van der Waals surface area contributed by atoms with E-state index < -0.39 is 0 Å². The Morgan fingerprint density at radius 2 is 1.92 bits per heavy atom. The van der Waals surface area contributed by atoms with E-state index in [1.54, 1.807) is 11.3 Å². The van der Waals surface area contributed by atoms with Crippen LogP contribution in [-0.2, 0) is 0 Å². The fraction of sp³-hybridized carbons (Fsp3) is 0.474. The van der Waals surface area contributed by atoms with Crippen molar-refractivity contribution in [1.82, 2.24) is 9.88 Å². The van der Waals surface area contributed by atoms with Crippen LogP contribution in [0.2, 0.25) is 0 Å². The summed E-state index contributed by atoms with van der Waals surface area (Å²) in [6.45, 7) is 6.73. The fourth-order valence-corrected chi connectivity index (χ4v) is 4.37. The summed E-state index contributed by atoms with van der Waals surface area (Å²) in [5, 5.41) is 3.13. The highest BCUT2D eigenvalue weighted by molar-refractivity contribution is 7.13. The lowest BCUT2D eigenvalue weighted by atomic mass is 10.1. The summed E-state index contributed by atoms with van der Waals surface area (Å²) in [6.07, 6.45) is 3.05. The molecule has 4 rings (SSSR count). The number of aliphatic imine (C=N–C) groups is 1. The Hall–Kier alpha value is -2.28. The van der Waals surface area contributed by atoms with E-state index in [9.17, 15) is 0 Å². The van der Waals surface area contributed by atoms with Crippen LogP contribution >= 0.6 is 11.3 Å². The van der Waals surface area contributed by atoms with Gasteiger partial charge in [-0.3, -0.25) is 4.99 Å². The Labute approximate surface area is 159 Å². The second kappa shape index (κ2) is 7.95. The highest BCUT2D eigenvalue weighted by Crippen LogP contribution is 2.23. The van der Waals surface area contributed by atoms with Crippen molar-refractivity contribution in [2.75, 3.05) is 55.6 Å². The summed E-state index contributed by atoms with van der Waals surface area (Å²) < 4.78 is 0. The molecule has 3 heterocycles. The van der Waals surface area contributed by atoms with Crippen LogP contribution in [0.1, 0.15) is 6.42 Å². The zero-order valence-corrected chi connectivity index (χ0v) is 15.8. The summed E-state index contributed by atoms with van der Waals surface area (Å²) in [5.41, 5.74) is 7.58. The van der Waals surface area contributed by atoms with Gasteiger partial charge in [-0.2, -0.15) is 0 Å². The number of aromatic nitrogens is 1. The summed E-state index contributed by atoms with van der Waals surface area (Å²) in [5.74, 6) is 1.28. The Balaban J connectivity index is 1.25. The lowest BCUT2D eigenvalue weighted by Gasteiger charge is -2.35. The number of thiazole rings is 1. The van der Waals surface area contributed by atoms with E-state index in [4.69, 9.17) is 10.7 Å². The van der Waals surface area contributed by atoms with E-state index >= 15 is 0 Å². The lowest BCUT2D eigenvalue weighted by molar-refractivity contribution is 0.379. The second-order valence-corrected chi connectivity index (χ2v) is 7.80. The summed E-state index contributed by atoms with van der Waals surface area (Å²) in [6, 6.07) is 10.6. The number of nitrogens with two attached hydrogens (primary N) is 1. The number of piperazine rings is 1. The quantitative estimate of drug-likeness (QED) is 0.660. The molecule has 0 radical (unpaired) electrons. The molecule has 0 saturated carbocycles. The molecule has 1 unspecified atom stereocenters. The van der Waals surface area contributed by atoms with Gasteiger partial charge in [0.2, 0.25) is 0 Å². The first-order chi connectivity index (χ1) is 12.8. The van der Waals surface area contributed by atoms with E-state index in [2.05, 4.69) is 50.0 Å². The van der Waals surface area contributed by atoms with Crippen LogP contribution in [0.25, 0.3) is 0 Å². The first-order valence-corrected chi connectivity index (χ1v) is 10.2. The van der Waals surface area contributed by atoms with E-state index in [0.29, 0.717) is 11.9 Å². The number of hydrogen-bond donors (Lipinski definition) is 1. The molecule has 2 N–H and O–H groups in total. The van der Waals surface area contributed by atoms with Crippen molar-refractivity contribution in [2.45, 2.75) is 6.42 Å². The Morgan fingerprint density at radius 3 is 2.65 bits per heavy atom. The average molecular weight is 371 g/mol. The van der Waals surface area contributed by atoms with E-state index in [-0.39, 0.29) is 0 Å². The van der Waals surface area contributed by atoms with Gasteiger partial charge in [-0.25, -0.2) is 4.98 Å². The molecule has 0 aliphatic carbocycles. The molecule has 1 aromatic heterocycles. The second-order valence-electron chi connectivity index (χ2n) is 6.92. The van der Waals surface area contributed by atoms with Gasteiger partial charge in [-0.15, -0.1) is 11.3 Å². The van der Waals surface area contributed by atoms with Gasteiger partial charge in [0.1, 0.15) is 0 Å². The lowest BCUT2D eigenvalue weighted by Crippen LogP contribution is -2.51. The topological polar surface area (TPSA) is 61.0 Å². The molecule has 6 nitrogen and oxygen atoms in total. The van der Waals surface area contributed by atoms with Crippen LogP contribution in [0.5, 0.6) is 0 Å². The molecule has 2 aliphatic rings. The molecule has 2 aliphatic heterocycles. The molecule has 138 valence electrons. The van der Waals surface area contributed by atoms with Crippen molar-refractivity contribution in [2.24, 2.45) is 16.6 Å². The largest absolute Gasteiger partial charge is 0.371 e. The maximum Gasteiger partial charge on any atom is 0.191 e. The molecular weight excluding hydrogens is 344 g/mol. The van der Waals surface area contributed by atoms with Crippen LogP contribution in [-0.4, -0.2) is 61.7 Å². The van der Waals surface area contributed by atoms with Crippen molar-refractivity contribution >= 4 is 28.1 Å². The van der Waals surface area contributed by atoms with Crippen LogP contribution in [0.4, 0.5) is 10.8 Å². The highest BCUT2D eigenvalue weighted by atomic mass is 32.1. The van der Waals surface area contributed by atoms with Crippen molar-refractivity contribution < 1.29 is 0 Å². The maximum atomic E-state index is 6.27. The summed E-state index contributed by atoms with van der Waals surface area (Å²) in [7, 11) is 0. The zero-order chi connectivity index (χ0) is 17.8. The highest BCUT2D eigenvalue weighted by Gasteiger charge is 2.23. The van der Waals surface area contributed by atoms with Gasteiger partial charge in [-0.1, -0.05) is 18.2 Å². The minimum absolute atomic E-state index is 0.588. The van der Waals surface area contributed by atoms with E-state index in [1.807, 2.05) is 11.6 Å². The first-order valence-electron chi connectivity index (χ1n) is 9.29. The normalized spacial score (nSPS) is 21.5. The van der Waals surface area contributed by atoms with Gasteiger partial charge < -0.3 is 20.4 Å². The number of rotatable bonds is 4. The third-order valence-electron chi connectivity index (χ3n) is 5.21. The standard InChI is InChI=1S/C19H26N6S/c20-18(23-9-11-24(12-10-23)19-21-7-13-26-19)22-14-16-6-8-25(15-16)17-4-2-1-3-5-17/h1-5,7,13,16H,6,8-12,14-15H2,(H2,20,22). The number of guanidine groups is 1. The van der Waals surface area contributed by atoms with Crippen LogP contribution in [0.15, 0.2) is 46.9 Å². The monoisotopic (exact) mass is 370 g/mol. The molecule has 2 saturated heterocycles. The van der Waals surface area contributed by atoms with Crippen LogP contribution in [0.3, 0.4) is 0 Å². The number of anilines is 2. The van der Waals surface area contributed by atoms with Gasteiger partial charge >= 0.3 is 0 Å². The van der Waals surface area contributed by atoms with Crippen molar-refractivity contribution in [3.63, 3.8) is 0 Å². The average Bonchev–Trinajstić information content (AvgIpc) is 3.39. The van der Waals surface area contributed by atoms with Gasteiger partial charge in [0, 0.05) is 63.1 Å². The molecule has 1 atom stereocenters. The predicted octanol–water partition coefficient (Wildman–Crippen LogP) is 2.11. The molecule has 0 amide bonds.